The van der Waals surface area contributed by atoms with Gasteiger partial charge in [0.05, 0.1) is 10.6 Å². The number of halogens is 1. The van der Waals surface area contributed by atoms with E-state index in [1.54, 1.807) is 24.3 Å². The summed E-state index contributed by atoms with van der Waals surface area (Å²) in [5, 5.41) is 0.247. The molecule has 0 bridgehead atoms. The maximum absolute atomic E-state index is 13.0. The van der Waals surface area contributed by atoms with Crippen LogP contribution in [0.15, 0.2) is 59.5 Å². The molecule has 2 aromatic carbocycles. The first kappa shape index (κ1) is 21.5. The molecule has 31 heavy (non-hydrogen) atoms. The van der Waals surface area contributed by atoms with Crippen LogP contribution >= 0.6 is 23.4 Å². The van der Waals surface area contributed by atoms with Gasteiger partial charge in [-0.3, -0.25) is 9.59 Å². The molecule has 2 amide bonds. The van der Waals surface area contributed by atoms with Crippen LogP contribution in [0.5, 0.6) is 0 Å². The minimum Gasteiger partial charge on any atom is -0.318 e. The fraction of sp³-hybridized carbons (Fsp3) is 0.200. The van der Waals surface area contributed by atoms with Crippen LogP contribution in [0.4, 0.5) is 10.5 Å². The van der Waals surface area contributed by atoms with Gasteiger partial charge in [-0.2, -0.15) is 0 Å². The fourth-order valence-electron chi connectivity index (χ4n) is 3.76. The first-order valence-electron chi connectivity index (χ1n) is 10.1. The number of anilines is 1. The van der Waals surface area contributed by atoms with Gasteiger partial charge in [0.2, 0.25) is 0 Å². The average Bonchev–Trinajstić information content (AvgIpc) is 3.17. The zero-order valence-electron chi connectivity index (χ0n) is 17.8. The van der Waals surface area contributed by atoms with Crippen molar-refractivity contribution in [3.05, 3.63) is 87.0 Å². The van der Waals surface area contributed by atoms with Crippen LogP contribution in [0, 0.1) is 13.8 Å². The van der Waals surface area contributed by atoms with Gasteiger partial charge in [0.15, 0.2) is 0 Å². The number of aryl methyl sites for hydroxylation is 1. The van der Waals surface area contributed by atoms with Crippen molar-refractivity contribution < 1.29 is 9.59 Å². The van der Waals surface area contributed by atoms with E-state index in [9.17, 15) is 9.59 Å². The summed E-state index contributed by atoms with van der Waals surface area (Å²) in [6.45, 7) is 8.42. The Kier molecular flexibility index (Phi) is 5.82. The van der Waals surface area contributed by atoms with Gasteiger partial charge < -0.3 is 4.57 Å². The summed E-state index contributed by atoms with van der Waals surface area (Å²) < 4.78 is 2.17. The van der Waals surface area contributed by atoms with Crippen molar-refractivity contribution in [1.82, 2.24) is 4.57 Å². The SMILES string of the molecule is Cc1cc(/C=C2/SC(=O)N(c3ccc(Cl)cc3)C2=O)c(C)n1-c1ccc(C(C)C)cc1. The molecule has 4 nitrogen and oxygen atoms in total. The number of aromatic nitrogens is 1. The largest absolute Gasteiger partial charge is 0.318 e. The highest BCUT2D eigenvalue weighted by molar-refractivity contribution is 8.19. The van der Waals surface area contributed by atoms with Crippen LogP contribution in [0.3, 0.4) is 0 Å². The van der Waals surface area contributed by atoms with Gasteiger partial charge in [-0.05, 0) is 91.2 Å². The summed E-state index contributed by atoms with van der Waals surface area (Å²) in [7, 11) is 0. The second-order valence-electron chi connectivity index (χ2n) is 7.90. The number of rotatable bonds is 4. The maximum atomic E-state index is 13.0. The molecule has 2 heterocycles. The Balaban J connectivity index is 1.66. The quantitative estimate of drug-likeness (QED) is 0.397. The summed E-state index contributed by atoms with van der Waals surface area (Å²) >= 11 is 6.89. The molecule has 0 unspecified atom stereocenters. The van der Waals surface area contributed by atoms with E-state index in [4.69, 9.17) is 11.6 Å². The van der Waals surface area contributed by atoms with Gasteiger partial charge in [0.1, 0.15) is 0 Å². The Morgan fingerprint density at radius 3 is 2.16 bits per heavy atom. The zero-order valence-corrected chi connectivity index (χ0v) is 19.4. The topological polar surface area (TPSA) is 42.3 Å². The molecule has 0 radical (unpaired) electrons. The molecule has 3 aromatic rings. The molecule has 1 fully saturated rings. The van der Waals surface area contributed by atoms with Crippen molar-refractivity contribution in [3.8, 4) is 5.69 Å². The number of carbonyl (C=O) groups excluding carboxylic acids is 2. The number of imide groups is 1. The van der Waals surface area contributed by atoms with Crippen molar-refractivity contribution >= 4 is 46.3 Å². The normalized spacial score (nSPS) is 15.5. The Morgan fingerprint density at radius 2 is 1.55 bits per heavy atom. The Bertz CT molecular complexity index is 1190. The van der Waals surface area contributed by atoms with Gasteiger partial charge >= 0.3 is 0 Å². The predicted molar refractivity (Wildman–Crippen MR) is 129 cm³/mol. The van der Waals surface area contributed by atoms with Crippen molar-refractivity contribution in [3.63, 3.8) is 0 Å². The lowest BCUT2D eigenvalue weighted by molar-refractivity contribution is -0.113. The third-order valence-electron chi connectivity index (χ3n) is 5.45. The lowest BCUT2D eigenvalue weighted by atomic mass is 10.0. The highest BCUT2D eigenvalue weighted by Crippen LogP contribution is 2.37. The van der Waals surface area contributed by atoms with Crippen LogP contribution in [-0.4, -0.2) is 15.7 Å². The monoisotopic (exact) mass is 450 g/mol. The molecule has 1 aromatic heterocycles. The maximum Gasteiger partial charge on any atom is 0.298 e. The first-order valence-corrected chi connectivity index (χ1v) is 11.3. The molecular weight excluding hydrogens is 428 g/mol. The fourth-order valence-corrected chi connectivity index (χ4v) is 4.72. The van der Waals surface area contributed by atoms with Crippen LogP contribution in [-0.2, 0) is 4.79 Å². The average molecular weight is 451 g/mol. The number of amides is 2. The summed E-state index contributed by atoms with van der Waals surface area (Å²) in [5.74, 6) is 0.163. The highest BCUT2D eigenvalue weighted by Gasteiger charge is 2.36. The Morgan fingerprint density at radius 1 is 0.935 bits per heavy atom. The minimum absolute atomic E-state index is 0.309. The van der Waals surface area contributed by atoms with Crippen LogP contribution in [0.1, 0.15) is 42.3 Å². The second kappa shape index (κ2) is 8.40. The predicted octanol–water partition coefficient (Wildman–Crippen LogP) is 7.11. The Hall–Kier alpha value is -2.76. The molecule has 0 atom stereocenters. The molecule has 1 saturated heterocycles. The van der Waals surface area contributed by atoms with E-state index >= 15 is 0 Å². The summed E-state index contributed by atoms with van der Waals surface area (Å²) in [6.07, 6.45) is 1.81. The van der Waals surface area contributed by atoms with Crippen LogP contribution < -0.4 is 4.90 Å². The molecule has 4 rings (SSSR count). The van der Waals surface area contributed by atoms with Crippen molar-refractivity contribution in [1.29, 1.82) is 0 Å². The van der Waals surface area contributed by atoms with E-state index in [1.807, 2.05) is 26.0 Å². The number of hydrogen-bond acceptors (Lipinski definition) is 3. The lowest BCUT2D eigenvalue weighted by Crippen LogP contribution is -2.27. The summed E-state index contributed by atoms with van der Waals surface area (Å²) in [6, 6.07) is 17.3. The highest BCUT2D eigenvalue weighted by atomic mass is 35.5. The smallest absolute Gasteiger partial charge is 0.298 e. The number of thioether (sulfide) groups is 1. The van der Waals surface area contributed by atoms with Gasteiger partial charge in [-0.25, -0.2) is 4.90 Å². The number of benzene rings is 2. The number of hydrogen-bond donors (Lipinski definition) is 0. The van der Waals surface area contributed by atoms with Crippen molar-refractivity contribution in [2.45, 2.75) is 33.6 Å². The molecule has 0 saturated carbocycles. The van der Waals surface area contributed by atoms with Gasteiger partial charge in [-0.15, -0.1) is 0 Å². The van der Waals surface area contributed by atoms with Crippen LogP contribution in [0.2, 0.25) is 5.02 Å². The zero-order chi connectivity index (χ0) is 22.3. The molecule has 1 aliphatic heterocycles. The molecule has 158 valence electrons. The minimum atomic E-state index is -0.316. The molecule has 1 aliphatic rings. The molecule has 0 N–H and O–H groups in total. The lowest BCUT2D eigenvalue weighted by Gasteiger charge is -2.12. The van der Waals surface area contributed by atoms with E-state index in [2.05, 4.69) is 42.7 Å². The third-order valence-corrected chi connectivity index (χ3v) is 6.57. The number of carbonyl (C=O) groups is 2. The second-order valence-corrected chi connectivity index (χ2v) is 9.33. The molecule has 6 heteroatoms. The van der Waals surface area contributed by atoms with E-state index in [0.29, 0.717) is 21.5 Å². The van der Waals surface area contributed by atoms with Crippen molar-refractivity contribution in [2.75, 3.05) is 4.90 Å². The van der Waals surface area contributed by atoms with Crippen molar-refractivity contribution in [2.24, 2.45) is 0 Å². The molecule has 0 aliphatic carbocycles. The first-order chi connectivity index (χ1) is 14.8. The third kappa shape index (κ3) is 4.08. The standard InChI is InChI=1S/C25H23ClN2O2S/c1-15(2)18-5-9-21(10-6-18)27-16(3)13-19(17(27)4)14-23-24(29)28(25(30)31-23)22-11-7-20(26)8-12-22/h5-15H,1-4H3/b23-14+. The van der Waals surface area contributed by atoms with E-state index in [-0.39, 0.29) is 11.1 Å². The molecule has 0 spiro atoms. The van der Waals surface area contributed by atoms with E-state index < -0.39 is 0 Å². The Labute approximate surface area is 191 Å². The summed E-state index contributed by atoms with van der Waals surface area (Å²) in [4.78, 5) is 27.1. The number of nitrogens with zero attached hydrogens (tertiary/aromatic N) is 2. The van der Waals surface area contributed by atoms with Gasteiger partial charge in [-0.1, -0.05) is 37.6 Å². The van der Waals surface area contributed by atoms with E-state index in [0.717, 1.165) is 34.4 Å². The summed E-state index contributed by atoms with van der Waals surface area (Å²) in [5.41, 5.74) is 5.90. The van der Waals surface area contributed by atoms with Gasteiger partial charge in [0, 0.05) is 22.1 Å². The van der Waals surface area contributed by atoms with Crippen LogP contribution in [0.25, 0.3) is 11.8 Å². The van der Waals surface area contributed by atoms with E-state index in [1.165, 1.54) is 10.5 Å². The molecular formula is C25H23ClN2O2S. The van der Waals surface area contributed by atoms with Gasteiger partial charge in [0.25, 0.3) is 11.1 Å².